The molecule has 1 aliphatic rings. The van der Waals surface area contributed by atoms with Crippen LogP contribution in [0.2, 0.25) is 0 Å². The van der Waals surface area contributed by atoms with E-state index in [2.05, 4.69) is 54.7 Å². The first-order valence-corrected chi connectivity index (χ1v) is 8.10. The lowest BCUT2D eigenvalue weighted by molar-refractivity contribution is 0.152. The number of benzene rings is 2. The fourth-order valence-electron chi connectivity index (χ4n) is 3.61. The SMILES string of the molecule is CC(CO)(NC1CCCCC1)c1cccc2ccccc12. The maximum absolute atomic E-state index is 10.1. The van der Waals surface area contributed by atoms with E-state index in [-0.39, 0.29) is 12.1 Å². The highest BCUT2D eigenvalue weighted by Gasteiger charge is 2.30. The maximum Gasteiger partial charge on any atom is 0.0652 e. The van der Waals surface area contributed by atoms with Gasteiger partial charge in [-0.05, 0) is 36.1 Å². The van der Waals surface area contributed by atoms with Crippen LogP contribution in [0.4, 0.5) is 0 Å². The van der Waals surface area contributed by atoms with E-state index in [0.717, 1.165) is 0 Å². The number of hydrogen-bond donors (Lipinski definition) is 2. The molecular weight excluding hydrogens is 258 g/mol. The highest BCUT2D eigenvalue weighted by atomic mass is 16.3. The molecule has 0 aliphatic heterocycles. The third kappa shape index (κ3) is 2.97. The number of rotatable bonds is 4. The molecule has 1 aliphatic carbocycles. The van der Waals surface area contributed by atoms with Gasteiger partial charge in [-0.15, -0.1) is 0 Å². The fraction of sp³-hybridized carbons (Fsp3) is 0.474. The average molecular weight is 283 g/mol. The van der Waals surface area contributed by atoms with Crippen molar-refractivity contribution in [1.29, 1.82) is 0 Å². The first-order chi connectivity index (χ1) is 10.2. The molecule has 2 heteroatoms. The van der Waals surface area contributed by atoms with Crippen molar-refractivity contribution in [3.8, 4) is 0 Å². The molecule has 2 aromatic rings. The zero-order chi connectivity index (χ0) is 14.7. The van der Waals surface area contributed by atoms with Gasteiger partial charge in [-0.25, -0.2) is 0 Å². The molecule has 21 heavy (non-hydrogen) atoms. The Balaban J connectivity index is 1.96. The Morgan fingerprint density at radius 1 is 1.05 bits per heavy atom. The molecule has 112 valence electrons. The molecule has 0 aromatic heterocycles. The molecule has 0 radical (unpaired) electrons. The average Bonchev–Trinajstić information content (AvgIpc) is 2.55. The fourth-order valence-corrected chi connectivity index (χ4v) is 3.61. The van der Waals surface area contributed by atoms with Crippen LogP contribution in [-0.4, -0.2) is 17.8 Å². The molecular formula is C19H25NO. The predicted octanol–water partition coefficient (Wildman–Crippen LogP) is 3.97. The summed E-state index contributed by atoms with van der Waals surface area (Å²) in [5.74, 6) is 0. The van der Waals surface area contributed by atoms with Gasteiger partial charge in [0.25, 0.3) is 0 Å². The van der Waals surface area contributed by atoms with Crippen LogP contribution in [0.3, 0.4) is 0 Å². The second-order valence-corrected chi connectivity index (χ2v) is 6.50. The number of nitrogens with one attached hydrogen (secondary N) is 1. The molecule has 0 bridgehead atoms. The quantitative estimate of drug-likeness (QED) is 0.890. The van der Waals surface area contributed by atoms with Crippen molar-refractivity contribution in [2.24, 2.45) is 0 Å². The van der Waals surface area contributed by atoms with E-state index < -0.39 is 0 Å². The minimum atomic E-state index is -0.372. The number of hydrogen-bond acceptors (Lipinski definition) is 2. The van der Waals surface area contributed by atoms with E-state index in [1.807, 2.05) is 0 Å². The summed E-state index contributed by atoms with van der Waals surface area (Å²) in [6.45, 7) is 2.25. The monoisotopic (exact) mass is 283 g/mol. The molecule has 2 nitrogen and oxygen atoms in total. The Morgan fingerprint density at radius 2 is 1.76 bits per heavy atom. The molecule has 1 saturated carbocycles. The van der Waals surface area contributed by atoms with E-state index >= 15 is 0 Å². The van der Waals surface area contributed by atoms with Gasteiger partial charge in [0.05, 0.1) is 12.1 Å². The third-order valence-corrected chi connectivity index (χ3v) is 4.83. The van der Waals surface area contributed by atoms with Crippen LogP contribution in [0.15, 0.2) is 42.5 Å². The second kappa shape index (κ2) is 6.17. The van der Waals surface area contributed by atoms with E-state index in [4.69, 9.17) is 0 Å². The summed E-state index contributed by atoms with van der Waals surface area (Å²) in [4.78, 5) is 0. The van der Waals surface area contributed by atoms with Gasteiger partial charge in [0.15, 0.2) is 0 Å². The van der Waals surface area contributed by atoms with Gasteiger partial charge in [-0.2, -0.15) is 0 Å². The Hall–Kier alpha value is -1.38. The lowest BCUT2D eigenvalue weighted by atomic mass is 9.85. The van der Waals surface area contributed by atoms with Gasteiger partial charge in [-0.3, -0.25) is 0 Å². The molecule has 0 amide bonds. The van der Waals surface area contributed by atoms with Gasteiger partial charge < -0.3 is 10.4 Å². The summed E-state index contributed by atoms with van der Waals surface area (Å²) >= 11 is 0. The summed E-state index contributed by atoms with van der Waals surface area (Å²) in [5, 5.41) is 16.3. The minimum absolute atomic E-state index is 0.123. The second-order valence-electron chi connectivity index (χ2n) is 6.50. The molecule has 3 rings (SSSR count). The molecule has 0 spiro atoms. The summed E-state index contributed by atoms with van der Waals surface area (Å²) in [7, 11) is 0. The van der Waals surface area contributed by atoms with Crippen molar-refractivity contribution < 1.29 is 5.11 Å². The van der Waals surface area contributed by atoms with Crippen molar-refractivity contribution >= 4 is 10.8 Å². The molecule has 1 fully saturated rings. The Kier molecular flexibility index (Phi) is 4.27. The zero-order valence-corrected chi connectivity index (χ0v) is 12.8. The molecule has 0 heterocycles. The molecule has 2 aromatic carbocycles. The van der Waals surface area contributed by atoms with E-state index in [0.29, 0.717) is 6.04 Å². The number of aliphatic hydroxyl groups excluding tert-OH is 1. The van der Waals surface area contributed by atoms with Crippen LogP contribution in [0, 0.1) is 0 Å². The van der Waals surface area contributed by atoms with Gasteiger partial charge in [0.2, 0.25) is 0 Å². The van der Waals surface area contributed by atoms with Gasteiger partial charge >= 0.3 is 0 Å². The van der Waals surface area contributed by atoms with Crippen LogP contribution in [-0.2, 0) is 5.54 Å². The highest BCUT2D eigenvalue weighted by Crippen LogP contribution is 2.30. The Bertz CT molecular complexity index is 598. The van der Waals surface area contributed by atoms with Crippen molar-refractivity contribution in [2.45, 2.75) is 50.6 Å². The van der Waals surface area contributed by atoms with Crippen LogP contribution in [0.25, 0.3) is 10.8 Å². The van der Waals surface area contributed by atoms with Crippen molar-refractivity contribution in [3.63, 3.8) is 0 Å². The number of aliphatic hydroxyl groups is 1. The lowest BCUT2D eigenvalue weighted by Gasteiger charge is -2.36. The van der Waals surface area contributed by atoms with Gasteiger partial charge in [0, 0.05) is 6.04 Å². The summed E-state index contributed by atoms with van der Waals surface area (Å²) in [6, 6.07) is 15.3. The Labute approximate surface area is 127 Å². The standard InChI is InChI=1S/C19H25NO/c1-19(14-21,20-16-10-3-2-4-11-16)18-13-7-9-15-8-5-6-12-17(15)18/h5-9,12-13,16,20-21H,2-4,10-11,14H2,1H3. The highest BCUT2D eigenvalue weighted by molar-refractivity contribution is 5.86. The van der Waals surface area contributed by atoms with E-state index in [1.54, 1.807) is 0 Å². The van der Waals surface area contributed by atoms with Crippen LogP contribution in [0.5, 0.6) is 0 Å². The zero-order valence-electron chi connectivity index (χ0n) is 12.8. The topological polar surface area (TPSA) is 32.3 Å². The van der Waals surface area contributed by atoms with Crippen LogP contribution >= 0.6 is 0 Å². The predicted molar refractivity (Wildman–Crippen MR) is 88.4 cm³/mol. The van der Waals surface area contributed by atoms with Crippen molar-refractivity contribution in [1.82, 2.24) is 5.32 Å². The summed E-state index contributed by atoms with van der Waals surface area (Å²) in [6.07, 6.45) is 6.40. The van der Waals surface area contributed by atoms with E-state index in [1.165, 1.54) is 48.4 Å². The summed E-state index contributed by atoms with van der Waals surface area (Å²) < 4.78 is 0. The summed E-state index contributed by atoms with van der Waals surface area (Å²) in [5.41, 5.74) is 0.830. The van der Waals surface area contributed by atoms with E-state index in [9.17, 15) is 5.11 Å². The van der Waals surface area contributed by atoms with Gasteiger partial charge in [0.1, 0.15) is 0 Å². The molecule has 1 atom stereocenters. The van der Waals surface area contributed by atoms with Gasteiger partial charge in [-0.1, -0.05) is 61.7 Å². The third-order valence-electron chi connectivity index (χ3n) is 4.83. The first-order valence-electron chi connectivity index (χ1n) is 8.10. The first kappa shape index (κ1) is 14.6. The number of fused-ring (bicyclic) bond motifs is 1. The normalized spacial score (nSPS) is 19.5. The minimum Gasteiger partial charge on any atom is -0.394 e. The lowest BCUT2D eigenvalue weighted by Crippen LogP contribution is -2.49. The smallest absolute Gasteiger partial charge is 0.0652 e. The maximum atomic E-state index is 10.1. The Morgan fingerprint density at radius 3 is 2.52 bits per heavy atom. The van der Waals surface area contributed by atoms with Crippen LogP contribution < -0.4 is 5.32 Å². The largest absolute Gasteiger partial charge is 0.394 e. The van der Waals surface area contributed by atoms with Crippen molar-refractivity contribution in [2.75, 3.05) is 6.61 Å². The van der Waals surface area contributed by atoms with Crippen molar-refractivity contribution in [3.05, 3.63) is 48.0 Å². The molecule has 1 unspecified atom stereocenters. The van der Waals surface area contributed by atoms with Crippen LogP contribution in [0.1, 0.15) is 44.6 Å². The molecule has 2 N–H and O–H groups in total. The molecule has 0 saturated heterocycles.